The number of amides is 1. The highest BCUT2D eigenvalue weighted by Gasteiger charge is 2.72. The molecule has 5 aromatic rings. The number of fused-ring (bicyclic) bond motifs is 11. The van der Waals surface area contributed by atoms with Crippen LogP contribution in [0.3, 0.4) is 0 Å². The summed E-state index contributed by atoms with van der Waals surface area (Å²) in [6.07, 6.45) is 0.0339. The number of aromatic nitrogens is 2. The van der Waals surface area contributed by atoms with Crippen LogP contribution in [-0.2, 0) is 21.9 Å². The molecular formula is C25H17N3O4. The first-order chi connectivity index (χ1) is 15.6. The fraction of sp³-hybridized carbons (Fsp3) is 0.240. The monoisotopic (exact) mass is 423 g/mol. The molecule has 4 aliphatic heterocycles. The lowest BCUT2D eigenvalue weighted by Crippen LogP contribution is -2.66. The maximum absolute atomic E-state index is 13.1. The number of ether oxygens (including phenoxy) is 2. The van der Waals surface area contributed by atoms with Gasteiger partial charge in [0.2, 0.25) is 0 Å². The van der Waals surface area contributed by atoms with E-state index in [-0.39, 0.29) is 12.5 Å². The molecule has 156 valence electrons. The van der Waals surface area contributed by atoms with E-state index in [0.29, 0.717) is 13.0 Å². The quantitative estimate of drug-likeness (QED) is 0.400. The van der Waals surface area contributed by atoms with Crippen LogP contribution in [0.5, 0.6) is 0 Å². The van der Waals surface area contributed by atoms with Gasteiger partial charge in [-0.05, 0) is 17.7 Å². The van der Waals surface area contributed by atoms with Crippen LogP contribution in [0.15, 0.2) is 48.5 Å². The highest BCUT2D eigenvalue weighted by molar-refractivity contribution is 6.31. The molecule has 2 fully saturated rings. The van der Waals surface area contributed by atoms with Crippen LogP contribution in [0, 0.1) is 0 Å². The number of rotatable bonds is 0. The topological polar surface area (TPSA) is 77.7 Å². The number of hydrogen-bond acceptors (Lipinski definition) is 4. The minimum atomic E-state index is -1.27. The lowest BCUT2D eigenvalue weighted by atomic mass is 9.91. The Balaban J connectivity index is 1.69. The predicted octanol–water partition coefficient (Wildman–Crippen LogP) is 3.45. The van der Waals surface area contributed by atoms with Crippen LogP contribution in [-0.4, -0.2) is 32.4 Å². The van der Waals surface area contributed by atoms with Crippen LogP contribution in [0.25, 0.3) is 43.6 Å². The lowest BCUT2D eigenvalue weighted by molar-refractivity contribution is -0.428. The SMILES string of the molecule is O=C1NCc2c1c1c3ccccc3n3c1c1c2c2ccccc2n1[C@]12OC[C@@]1(O)C[C@H]3O2. The molecule has 0 radical (unpaired) electrons. The Labute approximate surface area is 180 Å². The zero-order chi connectivity index (χ0) is 21.0. The van der Waals surface area contributed by atoms with Crippen LogP contribution in [0.4, 0.5) is 0 Å². The molecular weight excluding hydrogens is 406 g/mol. The molecule has 1 amide bonds. The van der Waals surface area contributed by atoms with E-state index < -0.39 is 17.7 Å². The number of carbonyl (C=O) groups is 1. The highest BCUT2D eigenvalue weighted by Crippen LogP contribution is 2.61. The summed E-state index contributed by atoms with van der Waals surface area (Å²) in [4.78, 5) is 13.1. The zero-order valence-corrected chi connectivity index (χ0v) is 16.9. The van der Waals surface area contributed by atoms with Crippen LogP contribution >= 0.6 is 0 Å². The van der Waals surface area contributed by atoms with E-state index in [9.17, 15) is 9.90 Å². The Morgan fingerprint density at radius 2 is 1.75 bits per heavy atom. The summed E-state index contributed by atoms with van der Waals surface area (Å²) in [6.45, 7) is 0.719. The third-order valence-corrected chi connectivity index (χ3v) is 8.00. The van der Waals surface area contributed by atoms with Gasteiger partial charge in [0.05, 0.1) is 34.2 Å². The molecule has 0 saturated carbocycles. The first kappa shape index (κ1) is 16.3. The molecule has 2 aromatic heterocycles. The average Bonchev–Trinajstić information content (AvgIpc) is 3.46. The van der Waals surface area contributed by atoms with Crippen LogP contribution in [0.2, 0.25) is 0 Å². The third-order valence-electron chi connectivity index (χ3n) is 8.00. The highest BCUT2D eigenvalue weighted by atomic mass is 16.8. The van der Waals surface area contributed by atoms with E-state index in [0.717, 1.165) is 54.7 Å². The Morgan fingerprint density at radius 1 is 1.00 bits per heavy atom. The first-order valence-corrected chi connectivity index (χ1v) is 11.0. The average molecular weight is 423 g/mol. The summed E-state index contributed by atoms with van der Waals surface area (Å²) in [5.41, 5.74) is 4.53. The van der Waals surface area contributed by atoms with Gasteiger partial charge in [-0.2, -0.15) is 0 Å². The molecule has 0 aliphatic carbocycles. The van der Waals surface area contributed by atoms with E-state index >= 15 is 0 Å². The van der Waals surface area contributed by atoms with Crippen molar-refractivity contribution in [3.8, 4) is 0 Å². The minimum Gasteiger partial charge on any atom is -0.380 e. The fourth-order valence-corrected chi connectivity index (χ4v) is 6.76. The first-order valence-electron chi connectivity index (χ1n) is 11.0. The van der Waals surface area contributed by atoms with Gasteiger partial charge in [0.1, 0.15) is 6.23 Å². The van der Waals surface area contributed by atoms with Crippen molar-refractivity contribution in [3.63, 3.8) is 0 Å². The van der Waals surface area contributed by atoms with E-state index in [1.165, 1.54) is 0 Å². The van der Waals surface area contributed by atoms with Crippen molar-refractivity contribution in [1.82, 2.24) is 14.5 Å². The number of carbonyl (C=O) groups excluding carboxylic acids is 1. The van der Waals surface area contributed by atoms with Gasteiger partial charge >= 0.3 is 0 Å². The molecule has 6 heterocycles. The van der Waals surface area contributed by atoms with Gasteiger partial charge in [-0.25, -0.2) is 0 Å². The normalized spacial score (nSPS) is 29.7. The van der Waals surface area contributed by atoms with E-state index in [1.807, 2.05) is 30.3 Å². The minimum absolute atomic E-state index is 0.0356. The Hall–Kier alpha value is -3.39. The molecule has 0 unspecified atom stereocenters. The van der Waals surface area contributed by atoms with Crippen molar-refractivity contribution in [3.05, 3.63) is 59.7 Å². The Kier molecular flexibility index (Phi) is 2.38. The van der Waals surface area contributed by atoms with Gasteiger partial charge in [0.25, 0.3) is 11.8 Å². The Bertz CT molecular complexity index is 1750. The smallest absolute Gasteiger partial charge is 0.291 e. The molecule has 2 N–H and O–H groups in total. The summed E-state index contributed by atoms with van der Waals surface area (Å²) in [7, 11) is 0. The fourth-order valence-electron chi connectivity index (χ4n) is 6.76. The summed E-state index contributed by atoms with van der Waals surface area (Å²) in [6, 6.07) is 16.3. The van der Waals surface area contributed by atoms with Gasteiger partial charge in [-0.3, -0.25) is 9.36 Å². The van der Waals surface area contributed by atoms with E-state index in [1.54, 1.807) is 0 Å². The van der Waals surface area contributed by atoms with Gasteiger partial charge in [0, 0.05) is 34.5 Å². The number of benzene rings is 3. The number of hydrogen-bond donors (Lipinski definition) is 2. The summed E-state index contributed by atoms with van der Waals surface area (Å²) in [5.74, 6) is -1.30. The summed E-state index contributed by atoms with van der Waals surface area (Å²) >= 11 is 0. The molecule has 3 atom stereocenters. The second-order valence-electron chi connectivity index (χ2n) is 9.40. The van der Waals surface area contributed by atoms with Crippen LogP contribution in [0.1, 0.15) is 28.6 Å². The predicted molar refractivity (Wildman–Crippen MR) is 117 cm³/mol. The molecule has 7 heteroatoms. The maximum Gasteiger partial charge on any atom is 0.291 e. The summed E-state index contributed by atoms with van der Waals surface area (Å²) in [5, 5.41) is 18.8. The van der Waals surface area contributed by atoms with Crippen molar-refractivity contribution < 1.29 is 19.4 Å². The summed E-state index contributed by atoms with van der Waals surface area (Å²) < 4.78 is 17.0. The maximum atomic E-state index is 13.1. The van der Waals surface area contributed by atoms with Crippen molar-refractivity contribution in [2.75, 3.05) is 6.61 Å². The van der Waals surface area contributed by atoms with Crippen molar-refractivity contribution >= 4 is 49.5 Å². The molecule has 3 aromatic carbocycles. The Morgan fingerprint density at radius 3 is 2.53 bits per heavy atom. The zero-order valence-electron chi connectivity index (χ0n) is 16.9. The molecule has 7 nitrogen and oxygen atoms in total. The molecule has 4 aliphatic rings. The second-order valence-corrected chi connectivity index (χ2v) is 9.40. The second kappa shape index (κ2) is 4.68. The van der Waals surface area contributed by atoms with Crippen molar-refractivity contribution in [2.24, 2.45) is 0 Å². The van der Waals surface area contributed by atoms with Gasteiger partial charge in [-0.15, -0.1) is 0 Å². The van der Waals surface area contributed by atoms with Gasteiger partial charge < -0.3 is 24.5 Å². The van der Waals surface area contributed by atoms with E-state index in [4.69, 9.17) is 9.47 Å². The number of aliphatic hydroxyl groups is 1. The standard InChI is InChI=1S/C25H17N3O4/c29-23-20-14(10-26-23)18-13-6-2-4-8-16(13)28-22(18)21-19(20)12-5-1-3-7-15(12)27(21)17-9-24(30)11-31-25(24,28)32-17/h1-8,17,30H,9-11H2,(H,26,29)/t17-,24+,25+/m1/s1. The number of nitrogens with zero attached hydrogens (tertiary/aromatic N) is 2. The number of nitrogens with one attached hydrogen (secondary N) is 1. The van der Waals surface area contributed by atoms with Gasteiger partial charge in [0.15, 0.2) is 5.60 Å². The molecule has 9 rings (SSSR count). The number of para-hydroxylation sites is 2. The molecule has 2 saturated heterocycles. The van der Waals surface area contributed by atoms with E-state index in [2.05, 4.69) is 32.7 Å². The van der Waals surface area contributed by atoms with Crippen LogP contribution < -0.4 is 5.32 Å². The lowest BCUT2D eigenvalue weighted by Gasteiger charge is -2.49. The van der Waals surface area contributed by atoms with Crippen molar-refractivity contribution in [2.45, 2.75) is 30.7 Å². The molecule has 2 bridgehead atoms. The van der Waals surface area contributed by atoms with Crippen molar-refractivity contribution in [1.29, 1.82) is 0 Å². The largest absolute Gasteiger partial charge is 0.380 e. The third kappa shape index (κ3) is 1.40. The molecule has 1 spiro atoms. The van der Waals surface area contributed by atoms with Gasteiger partial charge in [-0.1, -0.05) is 36.4 Å². The molecule has 32 heavy (non-hydrogen) atoms.